The van der Waals surface area contributed by atoms with Crippen molar-refractivity contribution in [2.45, 2.75) is 135 Å². The third-order valence-electron chi connectivity index (χ3n) is 6.45. The number of unbranched alkanes of at least 4 members (excludes halogenated alkanes) is 13. The van der Waals surface area contributed by atoms with Crippen molar-refractivity contribution >= 4 is 5.91 Å². The number of amides is 1. The third kappa shape index (κ3) is 12.0. The van der Waals surface area contributed by atoms with Crippen LogP contribution < -0.4 is 5.73 Å². The lowest BCUT2D eigenvalue weighted by atomic mass is 9.77. The lowest BCUT2D eigenvalue weighted by Gasteiger charge is -2.28. The molecule has 1 unspecified atom stereocenters. The summed E-state index contributed by atoms with van der Waals surface area (Å²) in [6, 6.07) is 0. The average molecular weight is 366 g/mol. The molecule has 26 heavy (non-hydrogen) atoms. The minimum absolute atomic E-state index is 0.0356. The van der Waals surface area contributed by atoms with Crippen LogP contribution in [0.25, 0.3) is 0 Å². The smallest absolute Gasteiger partial charge is 0.220 e. The summed E-state index contributed by atoms with van der Waals surface area (Å²) in [6.07, 6.45) is 26.9. The first-order valence-corrected chi connectivity index (χ1v) is 12.0. The Kier molecular flexibility index (Phi) is 15.0. The van der Waals surface area contributed by atoms with Crippen molar-refractivity contribution in [3.8, 4) is 0 Å². The highest BCUT2D eigenvalue weighted by Crippen LogP contribution is 2.32. The van der Waals surface area contributed by atoms with Crippen LogP contribution in [0.3, 0.4) is 0 Å². The van der Waals surface area contributed by atoms with Crippen molar-refractivity contribution in [2.24, 2.45) is 17.6 Å². The molecule has 1 amide bonds. The van der Waals surface area contributed by atoms with Gasteiger partial charge in [0.15, 0.2) is 0 Å². The number of hydrogen-bond acceptors (Lipinski definition) is 1. The van der Waals surface area contributed by atoms with Crippen molar-refractivity contribution in [3.05, 3.63) is 0 Å². The van der Waals surface area contributed by atoms with Crippen LogP contribution in [0.2, 0.25) is 0 Å². The van der Waals surface area contributed by atoms with Crippen LogP contribution in [0.15, 0.2) is 0 Å². The normalized spacial score (nSPS) is 16.7. The standard InChI is InChI=1S/C24H47NO/c1-2-3-4-5-6-7-8-9-10-11-12-13-14-18-21-23(24(25)26)22-19-16-15-17-20-22/h22-23H,2-21H2,1H3,(H2,25,26). The molecule has 1 aliphatic rings. The molecule has 1 atom stereocenters. The first kappa shape index (κ1) is 23.5. The summed E-state index contributed by atoms with van der Waals surface area (Å²) in [6.45, 7) is 2.28. The van der Waals surface area contributed by atoms with E-state index in [4.69, 9.17) is 5.73 Å². The Labute approximate surface area is 164 Å². The summed E-state index contributed by atoms with van der Waals surface area (Å²) in [5.41, 5.74) is 5.68. The Morgan fingerprint density at radius 2 is 1.15 bits per heavy atom. The molecule has 0 aliphatic heterocycles. The molecule has 1 aliphatic carbocycles. The van der Waals surface area contributed by atoms with Gasteiger partial charge in [-0.3, -0.25) is 4.79 Å². The molecule has 2 N–H and O–H groups in total. The monoisotopic (exact) mass is 365 g/mol. The summed E-state index contributed by atoms with van der Waals surface area (Å²) in [5, 5.41) is 0. The number of hydrogen-bond donors (Lipinski definition) is 1. The van der Waals surface area contributed by atoms with E-state index in [0.717, 1.165) is 6.42 Å². The molecular formula is C24H47NO. The zero-order chi connectivity index (χ0) is 18.9. The maximum atomic E-state index is 11.8. The van der Waals surface area contributed by atoms with Gasteiger partial charge in [-0.15, -0.1) is 0 Å². The molecule has 2 heteroatoms. The molecule has 0 aromatic rings. The molecule has 1 rings (SSSR count). The molecule has 0 aromatic carbocycles. The summed E-state index contributed by atoms with van der Waals surface area (Å²) < 4.78 is 0. The molecule has 0 saturated heterocycles. The van der Waals surface area contributed by atoms with E-state index in [9.17, 15) is 4.79 Å². The van der Waals surface area contributed by atoms with E-state index in [1.54, 1.807) is 0 Å². The van der Waals surface area contributed by atoms with Crippen molar-refractivity contribution in [2.75, 3.05) is 0 Å². The van der Waals surface area contributed by atoms with Gasteiger partial charge in [0.05, 0.1) is 0 Å². The van der Waals surface area contributed by atoms with Gasteiger partial charge in [0.1, 0.15) is 0 Å². The molecule has 1 saturated carbocycles. The molecule has 0 radical (unpaired) electrons. The maximum Gasteiger partial charge on any atom is 0.220 e. The number of carbonyl (C=O) groups is 1. The van der Waals surface area contributed by atoms with Crippen LogP contribution in [0.1, 0.15) is 135 Å². The Balaban J connectivity index is 1.88. The van der Waals surface area contributed by atoms with E-state index in [0.29, 0.717) is 5.92 Å². The lowest BCUT2D eigenvalue weighted by Crippen LogP contribution is -2.31. The molecule has 0 heterocycles. The Bertz CT molecular complexity index is 322. The highest BCUT2D eigenvalue weighted by atomic mass is 16.1. The average Bonchev–Trinajstić information content (AvgIpc) is 2.65. The van der Waals surface area contributed by atoms with Crippen molar-refractivity contribution < 1.29 is 4.79 Å². The van der Waals surface area contributed by atoms with Crippen LogP contribution in [0, 0.1) is 11.8 Å². The van der Waals surface area contributed by atoms with Gasteiger partial charge in [-0.1, -0.05) is 116 Å². The maximum absolute atomic E-state index is 11.8. The van der Waals surface area contributed by atoms with Crippen LogP contribution >= 0.6 is 0 Å². The SMILES string of the molecule is CCCCCCCCCCCCCCCCC(C(N)=O)C1CCCCC1. The summed E-state index contributed by atoms with van der Waals surface area (Å²) in [4.78, 5) is 11.8. The summed E-state index contributed by atoms with van der Waals surface area (Å²) in [5.74, 6) is 0.711. The summed E-state index contributed by atoms with van der Waals surface area (Å²) >= 11 is 0. The largest absolute Gasteiger partial charge is 0.369 e. The minimum atomic E-state index is -0.0356. The van der Waals surface area contributed by atoms with E-state index in [1.165, 1.54) is 122 Å². The Morgan fingerprint density at radius 1 is 0.731 bits per heavy atom. The van der Waals surface area contributed by atoms with Gasteiger partial charge in [-0.25, -0.2) is 0 Å². The highest BCUT2D eigenvalue weighted by Gasteiger charge is 2.27. The van der Waals surface area contributed by atoms with Crippen molar-refractivity contribution in [1.29, 1.82) is 0 Å². The van der Waals surface area contributed by atoms with Gasteiger partial charge in [-0.2, -0.15) is 0 Å². The summed E-state index contributed by atoms with van der Waals surface area (Å²) in [7, 11) is 0. The van der Waals surface area contributed by atoms with Gasteiger partial charge in [0.2, 0.25) is 5.91 Å². The fourth-order valence-corrected chi connectivity index (χ4v) is 4.71. The van der Waals surface area contributed by atoms with E-state index < -0.39 is 0 Å². The van der Waals surface area contributed by atoms with Gasteiger partial charge >= 0.3 is 0 Å². The molecular weight excluding hydrogens is 318 g/mol. The predicted molar refractivity (Wildman–Crippen MR) is 114 cm³/mol. The topological polar surface area (TPSA) is 43.1 Å². The van der Waals surface area contributed by atoms with Gasteiger partial charge in [-0.05, 0) is 25.2 Å². The quantitative estimate of drug-likeness (QED) is 0.266. The first-order valence-electron chi connectivity index (χ1n) is 12.0. The van der Waals surface area contributed by atoms with E-state index in [1.807, 2.05) is 0 Å². The van der Waals surface area contributed by atoms with Gasteiger partial charge in [0, 0.05) is 5.92 Å². The lowest BCUT2D eigenvalue weighted by molar-refractivity contribution is -0.124. The van der Waals surface area contributed by atoms with Crippen molar-refractivity contribution in [1.82, 2.24) is 0 Å². The fraction of sp³-hybridized carbons (Fsp3) is 0.958. The second kappa shape index (κ2) is 16.6. The third-order valence-corrected chi connectivity index (χ3v) is 6.45. The Morgan fingerprint density at radius 3 is 1.58 bits per heavy atom. The number of nitrogens with two attached hydrogens (primary N) is 1. The first-order chi connectivity index (χ1) is 12.8. The molecule has 2 nitrogen and oxygen atoms in total. The highest BCUT2D eigenvalue weighted by molar-refractivity contribution is 5.76. The molecule has 0 aromatic heterocycles. The second-order valence-corrected chi connectivity index (χ2v) is 8.79. The van der Waals surface area contributed by atoms with Crippen LogP contribution in [-0.4, -0.2) is 5.91 Å². The number of carbonyl (C=O) groups excluding carboxylic acids is 1. The predicted octanol–water partition coefficient (Wildman–Crippen LogP) is 7.54. The van der Waals surface area contributed by atoms with Crippen LogP contribution in [-0.2, 0) is 4.79 Å². The molecule has 0 bridgehead atoms. The van der Waals surface area contributed by atoms with E-state index >= 15 is 0 Å². The number of rotatable bonds is 17. The zero-order valence-electron chi connectivity index (χ0n) is 17.8. The minimum Gasteiger partial charge on any atom is -0.369 e. The van der Waals surface area contributed by atoms with Gasteiger partial charge < -0.3 is 5.73 Å². The van der Waals surface area contributed by atoms with E-state index in [-0.39, 0.29) is 11.8 Å². The second-order valence-electron chi connectivity index (χ2n) is 8.79. The zero-order valence-corrected chi connectivity index (χ0v) is 17.8. The molecule has 0 spiro atoms. The van der Waals surface area contributed by atoms with Crippen molar-refractivity contribution in [3.63, 3.8) is 0 Å². The van der Waals surface area contributed by atoms with E-state index in [2.05, 4.69) is 6.92 Å². The molecule has 1 fully saturated rings. The van der Waals surface area contributed by atoms with Crippen LogP contribution in [0.4, 0.5) is 0 Å². The molecule has 154 valence electrons. The Hall–Kier alpha value is -0.530. The fourth-order valence-electron chi connectivity index (χ4n) is 4.71. The van der Waals surface area contributed by atoms with Gasteiger partial charge in [0.25, 0.3) is 0 Å². The van der Waals surface area contributed by atoms with Crippen LogP contribution in [0.5, 0.6) is 0 Å². The number of primary amides is 1.